The number of thiophene rings is 1. The number of carbonyl (C=O) groups is 1. The van der Waals surface area contributed by atoms with Gasteiger partial charge in [-0.15, -0.1) is 22.7 Å². The first kappa shape index (κ1) is 14.8. The lowest BCUT2D eigenvalue weighted by atomic mass is 10.3. The molecule has 0 N–H and O–H groups in total. The average Bonchev–Trinajstić information content (AvgIpc) is 3.00. The van der Waals surface area contributed by atoms with Crippen LogP contribution in [0.15, 0.2) is 30.3 Å². The zero-order valence-electron chi connectivity index (χ0n) is 11.0. The van der Waals surface area contributed by atoms with Gasteiger partial charge in [-0.2, -0.15) is 0 Å². The second kappa shape index (κ2) is 5.93. The molecular weight excluding hydrogens is 347 g/mol. The summed E-state index contributed by atoms with van der Waals surface area (Å²) in [5, 5.41) is 0.893. The SMILES string of the molecule is CN(Cc1nc2ccccc2s1)C(=O)c1cc(Cl)sc1Cl. The van der Waals surface area contributed by atoms with E-state index in [0.29, 0.717) is 20.8 Å². The van der Waals surface area contributed by atoms with Gasteiger partial charge in [-0.25, -0.2) is 4.98 Å². The molecule has 0 spiro atoms. The molecule has 0 saturated carbocycles. The molecule has 3 rings (SSSR count). The number of benzene rings is 1. The molecular formula is C14H10Cl2N2OS2. The summed E-state index contributed by atoms with van der Waals surface area (Å²) in [6.45, 7) is 0.446. The molecule has 0 unspecified atom stereocenters. The van der Waals surface area contributed by atoms with Crippen molar-refractivity contribution in [3.8, 4) is 0 Å². The van der Waals surface area contributed by atoms with Gasteiger partial charge < -0.3 is 4.90 Å². The molecule has 0 radical (unpaired) electrons. The van der Waals surface area contributed by atoms with E-state index in [-0.39, 0.29) is 5.91 Å². The minimum atomic E-state index is -0.151. The van der Waals surface area contributed by atoms with Crippen LogP contribution in [-0.2, 0) is 6.54 Å². The highest BCUT2D eigenvalue weighted by atomic mass is 35.5. The maximum atomic E-state index is 12.4. The van der Waals surface area contributed by atoms with Crippen LogP contribution >= 0.6 is 45.9 Å². The van der Waals surface area contributed by atoms with E-state index in [2.05, 4.69) is 4.98 Å². The molecule has 108 valence electrons. The summed E-state index contributed by atoms with van der Waals surface area (Å²) in [5.41, 5.74) is 1.39. The van der Waals surface area contributed by atoms with Crippen LogP contribution in [0.5, 0.6) is 0 Å². The number of fused-ring (bicyclic) bond motifs is 1. The molecule has 0 fully saturated rings. The smallest absolute Gasteiger partial charge is 0.256 e. The number of hydrogen-bond acceptors (Lipinski definition) is 4. The molecule has 1 amide bonds. The summed E-state index contributed by atoms with van der Waals surface area (Å²) in [7, 11) is 1.73. The molecule has 0 atom stereocenters. The monoisotopic (exact) mass is 356 g/mol. The minimum absolute atomic E-state index is 0.151. The number of rotatable bonds is 3. The lowest BCUT2D eigenvalue weighted by molar-refractivity contribution is 0.0786. The summed E-state index contributed by atoms with van der Waals surface area (Å²) in [6.07, 6.45) is 0. The molecule has 2 aromatic heterocycles. The third kappa shape index (κ3) is 3.06. The number of amides is 1. The Balaban J connectivity index is 1.80. The largest absolute Gasteiger partial charge is 0.335 e. The van der Waals surface area contributed by atoms with E-state index >= 15 is 0 Å². The topological polar surface area (TPSA) is 33.2 Å². The zero-order valence-corrected chi connectivity index (χ0v) is 14.1. The molecule has 0 aliphatic rings. The summed E-state index contributed by atoms with van der Waals surface area (Å²) < 4.78 is 2.04. The highest BCUT2D eigenvalue weighted by Crippen LogP contribution is 2.32. The zero-order chi connectivity index (χ0) is 15.0. The predicted octanol–water partition coefficient (Wildman–Crippen LogP) is 4.94. The minimum Gasteiger partial charge on any atom is -0.335 e. The quantitative estimate of drug-likeness (QED) is 0.665. The Bertz CT molecular complexity index is 779. The molecule has 0 aliphatic carbocycles. The maximum absolute atomic E-state index is 12.4. The summed E-state index contributed by atoms with van der Waals surface area (Å²) in [5.74, 6) is -0.151. The number of aromatic nitrogens is 1. The van der Waals surface area contributed by atoms with Gasteiger partial charge in [0.1, 0.15) is 9.34 Å². The Morgan fingerprint density at radius 2 is 2.05 bits per heavy atom. The molecule has 0 saturated heterocycles. The van der Waals surface area contributed by atoms with Gasteiger partial charge in [0.2, 0.25) is 0 Å². The lowest BCUT2D eigenvalue weighted by Crippen LogP contribution is -2.25. The van der Waals surface area contributed by atoms with Crippen molar-refractivity contribution >= 4 is 62.0 Å². The van der Waals surface area contributed by atoms with Crippen LogP contribution < -0.4 is 0 Å². The second-order valence-electron chi connectivity index (χ2n) is 4.47. The van der Waals surface area contributed by atoms with Crippen LogP contribution in [0.1, 0.15) is 15.4 Å². The van der Waals surface area contributed by atoms with Crippen molar-refractivity contribution in [1.29, 1.82) is 0 Å². The normalized spacial score (nSPS) is 11.0. The Morgan fingerprint density at radius 3 is 2.71 bits per heavy atom. The Morgan fingerprint density at radius 1 is 1.29 bits per heavy atom. The van der Waals surface area contributed by atoms with Crippen LogP contribution in [0.25, 0.3) is 10.2 Å². The summed E-state index contributed by atoms with van der Waals surface area (Å²) in [6, 6.07) is 9.52. The average molecular weight is 357 g/mol. The van der Waals surface area contributed by atoms with E-state index in [1.807, 2.05) is 24.3 Å². The van der Waals surface area contributed by atoms with Gasteiger partial charge in [-0.05, 0) is 18.2 Å². The standard InChI is InChI=1S/C14H10Cl2N2OS2/c1-18(14(19)8-6-11(15)21-13(8)16)7-12-17-9-4-2-3-5-10(9)20-12/h2-6H,7H2,1H3. The van der Waals surface area contributed by atoms with Crippen LogP contribution in [0.2, 0.25) is 8.67 Å². The van der Waals surface area contributed by atoms with E-state index < -0.39 is 0 Å². The maximum Gasteiger partial charge on any atom is 0.256 e. The molecule has 7 heteroatoms. The number of nitrogens with zero attached hydrogens (tertiary/aromatic N) is 2. The number of halogens is 2. The highest BCUT2D eigenvalue weighted by Gasteiger charge is 2.19. The summed E-state index contributed by atoms with van der Waals surface area (Å²) >= 11 is 14.7. The van der Waals surface area contributed by atoms with E-state index in [1.54, 1.807) is 29.4 Å². The van der Waals surface area contributed by atoms with Gasteiger partial charge in [-0.3, -0.25) is 4.79 Å². The van der Waals surface area contributed by atoms with Crippen LogP contribution in [0.4, 0.5) is 0 Å². The molecule has 2 heterocycles. The van der Waals surface area contributed by atoms with Crippen molar-refractivity contribution in [3.05, 3.63) is 49.6 Å². The molecule has 0 aliphatic heterocycles. The first-order chi connectivity index (χ1) is 10.0. The van der Waals surface area contributed by atoms with Crippen LogP contribution in [0, 0.1) is 0 Å². The molecule has 1 aromatic carbocycles. The summed E-state index contributed by atoms with van der Waals surface area (Å²) in [4.78, 5) is 18.5. The van der Waals surface area contributed by atoms with Crippen LogP contribution in [0.3, 0.4) is 0 Å². The Hall–Kier alpha value is -1.14. The van der Waals surface area contributed by atoms with Gasteiger partial charge >= 0.3 is 0 Å². The number of hydrogen-bond donors (Lipinski definition) is 0. The third-order valence-electron chi connectivity index (χ3n) is 2.94. The van der Waals surface area contributed by atoms with E-state index in [4.69, 9.17) is 23.2 Å². The first-order valence-electron chi connectivity index (χ1n) is 6.09. The van der Waals surface area contributed by atoms with Crippen molar-refractivity contribution < 1.29 is 4.79 Å². The number of para-hydroxylation sites is 1. The van der Waals surface area contributed by atoms with Crippen molar-refractivity contribution in [3.63, 3.8) is 0 Å². The number of carbonyl (C=O) groups excluding carboxylic acids is 1. The van der Waals surface area contributed by atoms with Crippen molar-refractivity contribution in [2.75, 3.05) is 7.05 Å². The van der Waals surface area contributed by atoms with Crippen molar-refractivity contribution in [2.45, 2.75) is 6.54 Å². The van der Waals surface area contributed by atoms with E-state index in [9.17, 15) is 4.79 Å². The Labute approximate surface area is 139 Å². The molecule has 3 nitrogen and oxygen atoms in total. The predicted molar refractivity (Wildman–Crippen MR) is 89.8 cm³/mol. The van der Waals surface area contributed by atoms with Gasteiger partial charge in [0.25, 0.3) is 5.91 Å². The van der Waals surface area contributed by atoms with Gasteiger partial charge in [0, 0.05) is 7.05 Å². The van der Waals surface area contributed by atoms with Crippen LogP contribution in [-0.4, -0.2) is 22.8 Å². The van der Waals surface area contributed by atoms with E-state index in [0.717, 1.165) is 15.2 Å². The first-order valence-corrected chi connectivity index (χ1v) is 8.48. The molecule has 3 aromatic rings. The fourth-order valence-corrected chi connectivity index (χ4v) is 4.42. The number of thiazole rings is 1. The Kier molecular flexibility index (Phi) is 4.17. The molecule has 0 bridgehead atoms. The van der Waals surface area contributed by atoms with Crippen molar-refractivity contribution in [2.24, 2.45) is 0 Å². The fraction of sp³-hybridized carbons (Fsp3) is 0.143. The van der Waals surface area contributed by atoms with Gasteiger partial charge in [-0.1, -0.05) is 35.3 Å². The fourth-order valence-electron chi connectivity index (χ4n) is 1.95. The lowest BCUT2D eigenvalue weighted by Gasteiger charge is -2.14. The van der Waals surface area contributed by atoms with Gasteiger partial charge in [0.05, 0.1) is 26.7 Å². The van der Waals surface area contributed by atoms with E-state index in [1.165, 1.54) is 11.3 Å². The van der Waals surface area contributed by atoms with Crippen molar-refractivity contribution in [1.82, 2.24) is 9.88 Å². The molecule has 21 heavy (non-hydrogen) atoms. The van der Waals surface area contributed by atoms with Gasteiger partial charge in [0.15, 0.2) is 0 Å². The second-order valence-corrected chi connectivity index (χ2v) is 7.88. The third-order valence-corrected chi connectivity index (χ3v) is 5.45. The highest BCUT2D eigenvalue weighted by molar-refractivity contribution is 7.20.